The van der Waals surface area contributed by atoms with Crippen LogP contribution in [0.1, 0.15) is 17.3 Å². The van der Waals surface area contributed by atoms with E-state index in [2.05, 4.69) is 10.3 Å². The molecule has 0 amide bonds. The molecule has 0 aliphatic rings. The smallest absolute Gasteiger partial charge is 0.340 e. The molecule has 25 heavy (non-hydrogen) atoms. The normalized spacial score (nSPS) is 10.5. The van der Waals surface area contributed by atoms with Crippen molar-refractivity contribution < 1.29 is 14.3 Å². The lowest BCUT2D eigenvalue weighted by Crippen LogP contribution is -2.07. The zero-order valence-corrected chi connectivity index (χ0v) is 14.6. The molecule has 3 rings (SSSR count). The van der Waals surface area contributed by atoms with Gasteiger partial charge in [0.1, 0.15) is 11.6 Å². The molecular weight excluding hydrogens is 340 g/mol. The molecule has 0 aliphatic heterocycles. The van der Waals surface area contributed by atoms with Crippen LogP contribution in [0.3, 0.4) is 0 Å². The monoisotopic (exact) mass is 356 g/mol. The number of halogens is 1. The number of fused-ring (bicyclic) bond motifs is 1. The fourth-order valence-corrected chi connectivity index (χ4v) is 2.74. The molecule has 0 saturated heterocycles. The van der Waals surface area contributed by atoms with E-state index in [4.69, 9.17) is 21.1 Å². The maximum atomic E-state index is 12.2. The molecule has 0 spiro atoms. The standard InChI is InChI=1S/C19H17ClN2O3/c1-3-25-19(23)15-11-21-18(14-7-5-4-6-13(14)15)22-16-10-12(20)8-9-17(16)24-2/h4-11H,3H2,1-2H3,(H,21,22). The maximum absolute atomic E-state index is 12.2. The van der Waals surface area contributed by atoms with Crippen molar-refractivity contribution in [1.29, 1.82) is 0 Å². The average Bonchev–Trinajstić information content (AvgIpc) is 2.62. The van der Waals surface area contributed by atoms with Crippen molar-refractivity contribution >= 4 is 39.8 Å². The number of benzene rings is 2. The summed E-state index contributed by atoms with van der Waals surface area (Å²) in [4.78, 5) is 16.6. The fraction of sp³-hybridized carbons (Fsp3) is 0.158. The van der Waals surface area contributed by atoms with Crippen molar-refractivity contribution in [2.45, 2.75) is 6.92 Å². The Bertz CT molecular complexity index is 928. The van der Waals surface area contributed by atoms with Crippen LogP contribution < -0.4 is 10.1 Å². The maximum Gasteiger partial charge on any atom is 0.340 e. The van der Waals surface area contributed by atoms with Crippen molar-refractivity contribution in [3.05, 3.63) is 59.2 Å². The SMILES string of the molecule is CCOC(=O)c1cnc(Nc2cc(Cl)ccc2OC)c2ccccc12. The van der Waals surface area contributed by atoms with Gasteiger partial charge in [0.05, 0.1) is 25.0 Å². The van der Waals surface area contributed by atoms with E-state index >= 15 is 0 Å². The second-order valence-corrected chi connectivity index (χ2v) is 5.69. The molecule has 0 atom stereocenters. The number of methoxy groups -OCH3 is 1. The lowest BCUT2D eigenvalue weighted by atomic mass is 10.1. The Morgan fingerprint density at radius 2 is 1.96 bits per heavy atom. The number of carbonyl (C=O) groups excluding carboxylic acids is 1. The number of hydrogen-bond donors (Lipinski definition) is 1. The molecule has 0 saturated carbocycles. The molecule has 0 aliphatic carbocycles. The summed E-state index contributed by atoms with van der Waals surface area (Å²) in [6.45, 7) is 2.09. The summed E-state index contributed by atoms with van der Waals surface area (Å²) in [6.07, 6.45) is 1.51. The Morgan fingerprint density at radius 3 is 2.68 bits per heavy atom. The van der Waals surface area contributed by atoms with E-state index in [1.165, 1.54) is 6.20 Å². The Hall–Kier alpha value is -2.79. The Labute approximate surface area is 150 Å². The molecule has 5 nitrogen and oxygen atoms in total. The largest absolute Gasteiger partial charge is 0.495 e. The summed E-state index contributed by atoms with van der Waals surface area (Å²) in [5.41, 5.74) is 1.12. The molecule has 128 valence electrons. The van der Waals surface area contributed by atoms with E-state index in [-0.39, 0.29) is 0 Å². The van der Waals surface area contributed by atoms with Crippen LogP contribution in [-0.4, -0.2) is 24.7 Å². The lowest BCUT2D eigenvalue weighted by Gasteiger charge is -2.14. The van der Waals surface area contributed by atoms with Crippen LogP contribution in [0.4, 0.5) is 11.5 Å². The molecule has 1 aromatic heterocycles. The first kappa shape index (κ1) is 17.0. The van der Waals surface area contributed by atoms with Gasteiger partial charge < -0.3 is 14.8 Å². The van der Waals surface area contributed by atoms with E-state index in [1.54, 1.807) is 32.2 Å². The van der Waals surface area contributed by atoms with Crippen LogP contribution in [0.2, 0.25) is 5.02 Å². The molecule has 1 heterocycles. The van der Waals surface area contributed by atoms with Crippen LogP contribution in [0.5, 0.6) is 5.75 Å². The van der Waals surface area contributed by atoms with Crippen LogP contribution in [-0.2, 0) is 4.74 Å². The molecule has 0 fully saturated rings. The summed E-state index contributed by atoms with van der Waals surface area (Å²) in [7, 11) is 1.59. The van der Waals surface area contributed by atoms with Crippen LogP contribution >= 0.6 is 11.6 Å². The average molecular weight is 357 g/mol. The predicted octanol–water partition coefficient (Wildman–Crippen LogP) is 4.82. The number of nitrogens with one attached hydrogen (secondary N) is 1. The highest BCUT2D eigenvalue weighted by Gasteiger charge is 2.15. The highest BCUT2D eigenvalue weighted by molar-refractivity contribution is 6.31. The number of hydrogen-bond acceptors (Lipinski definition) is 5. The highest BCUT2D eigenvalue weighted by atomic mass is 35.5. The fourth-order valence-electron chi connectivity index (χ4n) is 2.57. The second kappa shape index (κ2) is 7.40. The van der Waals surface area contributed by atoms with E-state index in [1.807, 2.05) is 24.3 Å². The van der Waals surface area contributed by atoms with Gasteiger partial charge in [-0.1, -0.05) is 35.9 Å². The lowest BCUT2D eigenvalue weighted by molar-refractivity contribution is 0.0528. The van der Waals surface area contributed by atoms with E-state index in [0.29, 0.717) is 34.4 Å². The van der Waals surface area contributed by atoms with E-state index < -0.39 is 5.97 Å². The van der Waals surface area contributed by atoms with Gasteiger partial charge in [0, 0.05) is 22.0 Å². The van der Waals surface area contributed by atoms with Crippen LogP contribution in [0.15, 0.2) is 48.7 Å². The van der Waals surface area contributed by atoms with Gasteiger partial charge in [-0.05, 0) is 25.1 Å². The van der Waals surface area contributed by atoms with Gasteiger partial charge in [-0.3, -0.25) is 0 Å². The van der Waals surface area contributed by atoms with Gasteiger partial charge in [0.25, 0.3) is 0 Å². The van der Waals surface area contributed by atoms with Gasteiger partial charge in [-0.15, -0.1) is 0 Å². The highest BCUT2D eigenvalue weighted by Crippen LogP contribution is 2.33. The van der Waals surface area contributed by atoms with Gasteiger partial charge in [0.2, 0.25) is 0 Å². The van der Waals surface area contributed by atoms with Gasteiger partial charge in [0.15, 0.2) is 0 Å². The summed E-state index contributed by atoms with van der Waals surface area (Å²) in [5, 5.41) is 5.38. The van der Waals surface area contributed by atoms with Crippen molar-refractivity contribution in [2.75, 3.05) is 19.0 Å². The minimum Gasteiger partial charge on any atom is -0.495 e. The number of anilines is 2. The number of ether oxygens (including phenoxy) is 2. The molecule has 0 unspecified atom stereocenters. The third-order valence-electron chi connectivity index (χ3n) is 3.71. The number of pyridine rings is 1. The molecule has 0 bridgehead atoms. The third-order valence-corrected chi connectivity index (χ3v) is 3.94. The summed E-state index contributed by atoms with van der Waals surface area (Å²) in [6, 6.07) is 12.8. The van der Waals surface area contributed by atoms with Crippen molar-refractivity contribution in [3.63, 3.8) is 0 Å². The molecular formula is C19H17ClN2O3. The molecule has 6 heteroatoms. The molecule has 3 aromatic rings. The quantitative estimate of drug-likeness (QED) is 0.664. The first-order chi connectivity index (χ1) is 12.1. The van der Waals surface area contributed by atoms with Crippen LogP contribution in [0, 0.1) is 0 Å². The number of aromatic nitrogens is 1. The number of carbonyl (C=O) groups is 1. The zero-order valence-electron chi connectivity index (χ0n) is 13.9. The molecule has 1 N–H and O–H groups in total. The number of esters is 1. The Morgan fingerprint density at radius 1 is 1.20 bits per heavy atom. The van der Waals surface area contributed by atoms with E-state index in [9.17, 15) is 4.79 Å². The van der Waals surface area contributed by atoms with Gasteiger partial charge >= 0.3 is 5.97 Å². The van der Waals surface area contributed by atoms with Gasteiger partial charge in [-0.25, -0.2) is 9.78 Å². The van der Waals surface area contributed by atoms with E-state index in [0.717, 1.165) is 10.8 Å². The van der Waals surface area contributed by atoms with Crippen molar-refractivity contribution in [3.8, 4) is 5.75 Å². The predicted molar refractivity (Wildman–Crippen MR) is 99.0 cm³/mol. The topological polar surface area (TPSA) is 60.5 Å². The summed E-state index contributed by atoms with van der Waals surface area (Å²) < 4.78 is 10.5. The first-order valence-electron chi connectivity index (χ1n) is 7.79. The van der Waals surface area contributed by atoms with Crippen molar-refractivity contribution in [1.82, 2.24) is 4.98 Å². The minimum atomic E-state index is -0.391. The number of nitrogens with zero attached hydrogens (tertiary/aromatic N) is 1. The van der Waals surface area contributed by atoms with Crippen molar-refractivity contribution in [2.24, 2.45) is 0 Å². The third kappa shape index (κ3) is 3.51. The minimum absolute atomic E-state index is 0.312. The molecule has 0 radical (unpaired) electrons. The molecule has 2 aromatic carbocycles. The number of rotatable bonds is 5. The van der Waals surface area contributed by atoms with Gasteiger partial charge in [-0.2, -0.15) is 0 Å². The summed E-state index contributed by atoms with van der Waals surface area (Å²) in [5.74, 6) is 0.854. The summed E-state index contributed by atoms with van der Waals surface area (Å²) >= 11 is 6.08. The second-order valence-electron chi connectivity index (χ2n) is 5.26. The first-order valence-corrected chi connectivity index (χ1v) is 8.17. The Kier molecular flexibility index (Phi) is 5.05. The Balaban J connectivity index is 2.08. The zero-order chi connectivity index (χ0) is 17.8. The van der Waals surface area contributed by atoms with Crippen LogP contribution in [0.25, 0.3) is 10.8 Å².